The quantitative estimate of drug-likeness (QED) is 0.178. The Balaban J connectivity index is 1.27. The molecule has 0 N–H and O–H groups in total. The van der Waals surface area contributed by atoms with E-state index < -0.39 is 5.41 Å². The van der Waals surface area contributed by atoms with Crippen molar-refractivity contribution in [1.29, 1.82) is 0 Å². The van der Waals surface area contributed by atoms with Crippen molar-refractivity contribution in [3.05, 3.63) is 192 Å². The Morgan fingerprint density at radius 2 is 1.08 bits per heavy atom. The molecule has 1 aromatic heterocycles. The number of fused-ring (bicyclic) bond motifs is 16. The van der Waals surface area contributed by atoms with Crippen molar-refractivity contribution in [2.24, 2.45) is 0 Å². The molecule has 3 aliphatic rings. The van der Waals surface area contributed by atoms with Crippen LogP contribution in [-0.2, 0) is 5.41 Å². The van der Waals surface area contributed by atoms with Crippen molar-refractivity contribution in [2.75, 3.05) is 4.90 Å². The standard InChI is InChI=1S/C47H28N2O/c1-2-15-30-29(13-1)14-11-25-38(30)49-41-24-9-10-26-42(41)50-43-28-27-36-44(46(43)49)33-17-3-5-19-34(33)47(36)35-20-6-8-23-40(35)48-39-22-7-4-16-31(39)32-18-12-21-37(47)45(32)48/h1-28H. The van der Waals surface area contributed by atoms with Crippen LogP contribution in [0.1, 0.15) is 22.3 Å². The molecule has 1 aliphatic carbocycles. The van der Waals surface area contributed by atoms with Crippen molar-refractivity contribution in [3.63, 3.8) is 0 Å². The predicted molar refractivity (Wildman–Crippen MR) is 204 cm³/mol. The minimum atomic E-state index is -0.539. The van der Waals surface area contributed by atoms with Crippen LogP contribution in [0.15, 0.2) is 170 Å². The van der Waals surface area contributed by atoms with E-state index in [0.717, 1.165) is 28.6 Å². The second-order valence-corrected chi connectivity index (χ2v) is 13.6. The van der Waals surface area contributed by atoms with Gasteiger partial charge in [-0.3, -0.25) is 0 Å². The van der Waals surface area contributed by atoms with Crippen molar-refractivity contribution < 1.29 is 4.74 Å². The van der Waals surface area contributed by atoms with Crippen LogP contribution in [0.4, 0.5) is 17.1 Å². The van der Waals surface area contributed by atoms with Gasteiger partial charge in [0.05, 0.1) is 39.2 Å². The molecular weight excluding hydrogens is 609 g/mol. The summed E-state index contributed by atoms with van der Waals surface area (Å²) in [6.45, 7) is 0. The van der Waals surface area contributed by atoms with Crippen LogP contribution in [0, 0.1) is 0 Å². The van der Waals surface area contributed by atoms with E-state index in [0.29, 0.717) is 0 Å². The summed E-state index contributed by atoms with van der Waals surface area (Å²) in [6, 6.07) is 62.2. The molecule has 0 saturated carbocycles. The number of rotatable bonds is 1. The van der Waals surface area contributed by atoms with Gasteiger partial charge in [0.15, 0.2) is 11.5 Å². The van der Waals surface area contributed by atoms with E-state index in [1.54, 1.807) is 0 Å². The van der Waals surface area contributed by atoms with Crippen LogP contribution < -0.4 is 9.64 Å². The number of benzene rings is 8. The van der Waals surface area contributed by atoms with Crippen molar-refractivity contribution in [1.82, 2.24) is 4.57 Å². The highest BCUT2D eigenvalue weighted by Crippen LogP contribution is 2.66. The molecule has 3 heteroatoms. The van der Waals surface area contributed by atoms with Crippen LogP contribution in [0.3, 0.4) is 0 Å². The molecule has 1 atom stereocenters. The third-order valence-electron chi connectivity index (χ3n) is 11.4. The topological polar surface area (TPSA) is 17.4 Å². The molecule has 2 aliphatic heterocycles. The summed E-state index contributed by atoms with van der Waals surface area (Å²) in [4.78, 5) is 2.46. The Kier molecular flexibility index (Phi) is 4.91. The molecule has 0 radical (unpaired) electrons. The van der Waals surface area contributed by atoms with Crippen molar-refractivity contribution in [3.8, 4) is 28.3 Å². The van der Waals surface area contributed by atoms with E-state index in [2.05, 4.69) is 179 Å². The fourth-order valence-corrected chi connectivity index (χ4v) is 9.54. The summed E-state index contributed by atoms with van der Waals surface area (Å²) < 4.78 is 9.34. The number of hydrogen-bond acceptors (Lipinski definition) is 2. The Hall–Kier alpha value is -6.58. The zero-order chi connectivity index (χ0) is 32.6. The number of nitrogens with zero attached hydrogens (tertiary/aromatic N) is 2. The van der Waals surface area contributed by atoms with Gasteiger partial charge in [-0.25, -0.2) is 0 Å². The third kappa shape index (κ3) is 3.03. The lowest BCUT2D eigenvalue weighted by atomic mass is 9.65. The maximum absolute atomic E-state index is 6.83. The van der Waals surface area contributed by atoms with Gasteiger partial charge in [0.1, 0.15) is 0 Å². The minimum absolute atomic E-state index is 0.539. The molecule has 3 nitrogen and oxygen atoms in total. The van der Waals surface area contributed by atoms with Crippen LogP contribution in [0.5, 0.6) is 11.5 Å². The van der Waals surface area contributed by atoms with E-state index in [1.807, 2.05) is 0 Å². The highest BCUT2D eigenvalue weighted by Gasteiger charge is 2.52. The first-order valence-corrected chi connectivity index (χ1v) is 17.3. The van der Waals surface area contributed by atoms with Gasteiger partial charge in [-0.05, 0) is 69.6 Å². The number of anilines is 3. The molecule has 12 rings (SSSR count). The second kappa shape index (κ2) is 9.31. The van der Waals surface area contributed by atoms with E-state index in [9.17, 15) is 0 Å². The molecule has 50 heavy (non-hydrogen) atoms. The normalized spacial score (nSPS) is 16.2. The van der Waals surface area contributed by atoms with E-state index >= 15 is 0 Å². The van der Waals surface area contributed by atoms with Crippen LogP contribution in [-0.4, -0.2) is 4.57 Å². The van der Waals surface area contributed by atoms with Crippen LogP contribution >= 0.6 is 0 Å². The van der Waals surface area contributed by atoms with Gasteiger partial charge in [-0.15, -0.1) is 0 Å². The van der Waals surface area contributed by atoms with E-state index in [1.165, 1.54) is 71.6 Å². The molecular formula is C47H28N2O. The average Bonchev–Trinajstić information content (AvgIpc) is 3.68. The average molecular weight is 637 g/mol. The minimum Gasteiger partial charge on any atom is -0.453 e. The molecule has 9 aromatic rings. The Morgan fingerprint density at radius 3 is 2.02 bits per heavy atom. The lowest BCUT2D eigenvalue weighted by Crippen LogP contribution is -2.33. The largest absolute Gasteiger partial charge is 0.453 e. The molecule has 0 bridgehead atoms. The fourth-order valence-electron chi connectivity index (χ4n) is 9.54. The van der Waals surface area contributed by atoms with Gasteiger partial charge in [0.25, 0.3) is 0 Å². The number of aromatic nitrogens is 1. The number of ether oxygens (including phenoxy) is 1. The highest BCUT2D eigenvalue weighted by molar-refractivity contribution is 6.14. The summed E-state index contributed by atoms with van der Waals surface area (Å²) in [5.74, 6) is 1.71. The lowest BCUT2D eigenvalue weighted by Gasteiger charge is -2.40. The summed E-state index contributed by atoms with van der Waals surface area (Å²) in [5, 5.41) is 4.97. The zero-order valence-electron chi connectivity index (χ0n) is 27.0. The first-order chi connectivity index (χ1) is 24.8. The van der Waals surface area contributed by atoms with Gasteiger partial charge in [0.2, 0.25) is 0 Å². The van der Waals surface area contributed by atoms with Crippen LogP contribution in [0.25, 0.3) is 49.4 Å². The monoisotopic (exact) mass is 636 g/mol. The lowest BCUT2D eigenvalue weighted by molar-refractivity contribution is 0.477. The number of para-hydroxylation sites is 5. The summed E-state index contributed by atoms with van der Waals surface area (Å²) >= 11 is 0. The molecule has 3 heterocycles. The maximum atomic E-state index is 6.83. The van der Waals surface area contributed by atoms with Crippen LogP contribution in [0.2, 0.25) is 0 Å². The van der Waals surface area contributed by atoms with Gasteiger partial charge < -0.3 is 14.2 Å². The van der Waals surface area contributed by atoms with E-state index in [4.69, 9.17) is 4.74 Å². The molecule has 1 spiro atoms. The summed E-state index contributed by atoms with van der Waals surface area (Å²) in [5.41, 5.74) is 14.1. The molecule has 8 aromatic carbocycles. The molecule has 0 amide bonds. The molecule has 0 fully saturated rings. The Bertz CT molecular complexity index is 2930. The smallest absolute Gasteiger partial charge is 0.152 e. The SMILES string of the molecule is c1ccc2c(c1)Oc1ccc3c(c1N2c1cccc2ccccc12)-c1ccccc1C31c2ccccc2-n2c3ccccc3c3cccc1c32. The maximum Gasteiger partial charge on any atom is 0.152 e. The molecule has 0 saturated heterocycles. The predicted octanol–water partition coefficient (Wildman–Crippen LogP) is 12.2. The highest BCUT2D eigenvalue weighted by atomic mass is 16.5. The Morgan fingerprint density at radius 1 is 0.420 bits per heavy atom. The van der Waals surface area contributed by atoms with Gasteiger partial charge in [-0.1, -0.05) is 133 Å². The van der Waals surface area contributed by atoms with Gasteiger partial charge >= 0.3 is 0 Å². The van der Waals surface area contributed by atoms with Crippen molar-refractivity contribution in [2.45, 2.75) is 5.41 Å². The number of hydrogen-bond donors (Lipinski definition) is 0. The Labute approximate surface area is 288 Å². The first kappa shape index (κ1) is 26.4. The fraction of sp³-hybridized carbons (Fsp3) is 0.0213. The van der Waals surface area contributed by atoms with E-state index in [-0.39, 0.29) is 0 Å². The molecule has 232 valence electrons. The van der Waals surface area contributed by atoms with Gasteiger partial charge in [-0.2, -0.15) is 0 Å². The third-order valence-corrected chi connectivity index (χ3v) is 11.4. The zero-order valence-corrected chi connectivity index (χ0v) is 27.0. The van der Waals surface area contributed by atoms with Gasteiger partial charge in [0, 0.05) is 21.7 Å². The summed E-state index contributed by atoms with van der Waals surface area (Å²) in [6.07, 6.45) is 0. The molecule has 1 unspecified atom stereocenters. The van der Waals surface area contributed by atoms with Crippen molar-refractivity contribution >= 4 is 49.6 Å². The first-order valence-electron chi connectivity index (χ1n) is 17.3. The second-order valence-electron chi connectivity index (χ2n) is 13.6. The summed E-state index contributed by atoms with van der Waals surface area (Å²) in [7, 11) is 0.